The van der Waals surface area contributed by atoms with Crippen LogP contribution in [-0.4, -0.2) is 42.5 Å². The van der Waals surface area contributed by atoms with Crippen LogP contribution in [0.2, 0.25) is 4.34 Å². The number of ketones is 1. The first-order valence-electron chi connectivity index (χ1n) is 5.60. The fourth-order valence-corrected chi connectivity index (χ4v) is 2.87. The lowest BCUT2D eigenvalue weighted by Crippen LogP contribution is -2.54. The van der Waals surface area contributed by atoms with Gasteiger partial charge in [-0.2, -0.15) is 0 Å². The summed E-state index contributed by atoms with van der Waals surface area (Å²) in [5.74, 6) is 0.136. The number of hydrogen-bond donors (Lipinski definition) is 0. The van der Waals surface area contributed by atoms with Gasteiger partial charge in [0.2, 0.25) is 0 Å². The maximum atomic E-state index is 12.1. The lowest BCUT2D eigenvalue weighted by molar-refractivity contribution is -0.0466. The molecule has 0 saturated carbocycles. The summed E-state index contributed by atoms with van der Waals surface area (Å²) in [5.41, 5.74) is -0.0744. The molecule has 17 heavy (non-hydrogen) atoms. The average Bonchev–Trinajstić information content (AvgIpc) is 2.68. The van der Waals surface area contributed by atoms with Crippen LogP contribution in [-0.2, 0) is 4.74 Å². The number of morpholine rings is 1. The second-order valence-corrected chi connectivity index (χ2v) is 6.53. The van der Waals surface area contributed by atoms with Crippen molar-refractivity contribution in [2.45, 2.75) is 19.4 Å². The number of rotatable bonds is 3. The van der Waals surface area contributed by atoms with Crippen molar-refractivity contribution in [1.29, 1.82) is 0 Å². The van der Waals surface area contributed by atoms with Gasteiger partial charge in [0.05, 0.1) is 29.0 Å². The molecule has 1 aliphatic heterocycles. The molecule has 0 atom stereocenters. The quantitative estimate of drug-likeness (QED) is 0.793. The van der Waals surface area contributed by atoms with Gasteiger partial charge in [-0.15, -0.1) is 11.3 Å². The topological polar surface area (TPSA) is 29.5 Å². The number of hydrogen-bond acceptors (Lipinski definition) is 4. The Morgan fingerprint density at radius 2 is 2.35 bits per heavy atom. The third kappa shape index (κ3) is 3.07. The largest absolute Gasteiger partial charge is 0.378 e. The summed E-state index contributed by atoms with van der Waals surface area (Å²) < 4.78 is 6.10. The van der Waals surface area contributed by atoms with E-state index in [2.05, 4.69) is 18.7 Å². The maximum absolute atomic E-state index is 12.1. The average molecular weight is 274 g/mol. The Hall–Kier alpha value is -0.420. The van der Waals surface area contributed by atoms with Crippen molar-refractivity contribution in [3.8, 4) is 0 Å². The molecule has 94 valence electrons. The summed E-state index contributed by atoms with van der Waals surface area (Å²) in [6.07, 6.45) is 0. The van der Waals surface area contributed by atoms with E-state index >= 15 is 0 Å². The minimum atomic E-state index is -0.0744. The Bertz CT molecular complexity index is 416. The maximum Gasteiger partial charge on any atom is 0.186 e. The first-order valence-corrected chi connectivity index (χ1v) is 6.80. The van der Waals surface area contributed by atoms with Crippen LogP contribution in [0.25, 0.3) is 0 Å². The van der Waals surface area contributed by atoms with Crippen molar-refractivity contribution >= 4 is 28.7 Å². The van der Waals surface area contributed by atoms with Crippen molar-refractivity contribution in [2.24, 2.45) is 0 Å². The van der Waals surface area contributed by atoms with Gasteiger partial charge >= 0.3 is 0 Å². The fraction of sp³-hybridized carbons (Fsp3) is 0.583. The molecule has 0 N–H and O–H groups in total. The molecule has 1 aliphatic rings. The number of carbonyl (C=O) groups is 1. The number of halogens is 1. The zero-order chi connectivity index (χ0) is 12.5. The highest BCUT2D eigenvalue weighted by Crippen LogP contribution is 2.24. The Kier molecular flexibility index (Phi) is 3.88. The second-order valence-electron chi connectivity index (χ2n) is 4.81. The molecule has 2 rings (SSSR count). The number of Topliss-reactive ketones (excluding diaryl/α,β-unsaturated/α-hetero) is 1. The van der Waals surface area contributed by atoms with Crippen LogP contribution in [0.1, 0.15) is 23.5 Å². The van der Waals surface area contributed by atoms with Crippen molar-refractivity contribution in [3.05, 3.63) is 21.3 Å². The molecule has 0 amide bonds. The van der Waals surface area contributed by atoms with Gasteiger partial charge in [-0.3, -0.25) is 9.69 Å². The third-order valence-electron chi connectivity index (χ3n) is 3.00. The van der Waals surface area contributed by atoms with Crippen molar-refractivity contribution < 1.29 is 9.53 Å². The summed E-state index contributed by atoms with van der Waals surface area (Å²) in [5, 5.41) is 0. The number of carbonyl (C=O) groups excluding carboxylic acids is 1. The van der Waals surface area contributed by atoms with Crippen LogP contribution in [0.15, 0.2) is 12.1 Å². The van der Waals surface area contributed by atoms with Gasteiger partial charge in [-0.25, -0.2) is 0 Å². The molecule has 0 bridgehead atoms. The monoisotopic (exact) mass is 273 g/mol. The molecule has 0 unspecified atom stereocenters. The van der Waals surface area contributed by atoms with Gasteiger partial charge in [-0.05, 0) is 26.0 Å². The Morgan fingerprint density at radius 3 is 2.94 bits per heavy atom. The summed E-state index contributed by atoms with van der Waals surface area (Å²) in [6, 6.07) is 3.56. The number of ether oxygens (including phenoxy) is 1. The third-order valence-corrected chi connectivity index (χ3v) is 4.27. The SMILES string of the molecule is CC1(C)COCCN1CC(=O)c1ccc(Cl)s1. The minimum absolute atomic E-state index is 0.0744. The van der Waals surface area contributed by atoms with Gasteiger partial charge in [0.1, 0.15) is 0 Å². The van der Waals surface area contributed by atoms with Crippen LogP contribution in [0.4, 0.5) is 0 Å². The van der Waals surface area contributed by atoms with E-state index < -0.39 is 0 Å². The Balaban J connectivity index is 2.03. The second kappa shape index (κ2) is 5.06. The van der Waals surface area contributed by atoms with Gasteiger partial charge < -0.3 is 4.74 Å². The highest BCUT2D eigenvalue weighted by Gasteiger charge is 2.32. The summed E-state index contributed by atoms with van der Waals surface area (Å²) in [7, 11) is 0. The van der Waals surface area contributed by atoms with Gasteiger partial charge in [0.15, 0.2) is 5.78 Å². The standard InChI is InChI=1S/C12H16ClNO2S/c1-12(2)8-16-6-5-14(12)7-9(15)10-3-4-11(13)17-10/h3-4H,5-8H2,1-2H3. The first kappa shape index (κ1) is 13.0. The molecule has 1 aromatic rings. The molecule has 1 aromatic heterocycles. The highest BCUT2D eigenvalue weighted by molar-refractivity contribution is 7.18. The van der Waals surface area contributed by atoms with Crippen LogP contribution in [0, 0.1) is 0 Å². The smallest absolute Gasteiger partial charge is 0.186 e. The predicted octanol–water partition coefficient (Wildman–Crippen LogP) is 2.70. The molecule has 1 fully saturated rings. The van der Waals surface area contributed by atoms with E-state index in [4.69, 9.17) is 16.3 Å². The minimum Gasteiger partial charge on any atom is -0.378 e. The molecular weight excluding hydrogens is 258 g/mol. The number of nitrogens with zero attached hydrogens (tertiary/aromatic N) is 1. The van der Waals surface area contributed by atoms with E-state index in [1.165, 1.54) is 11.3 Å². The first-order chi connectivity index (χ1) is 7.99. The van der Waals surface area contributed by atoms with Gasteiger partial charge in [0, 0.05) is 12.1 Å². The fourth-order valence-electron chi connectivity index (χ4n) is 1.90. The Morgan fingerprint density at radius 1 is 1.59 bits per heavy atom. The van der Waals surface area contributed by atoms with Crippen LogP contribution in [0.3, 0.4) is 0 Å². The van der Waals surface area contributed by atoms with Crippen molar-refractivity contribution in [2.75, 3.05) is 26.3 Å². The molecule has 5 heteroatoms. The van der Waals surface area contributed by atoms with E-state index in [0.717, 1.165) is 11.4 Å². The predicted molar refractivity (Wildman–Crippen MR) is 70.1 cm³/mol. The van der Waals surface area contributed by atoms with Gasteiger partial charge in [0.25, 0.3) is 0 Å². The molecule has 0 radical (unpaired) electrons. The molecule has 0 aromatic carbocycles. The summed E-state index contributed by atoms with van der Waals surface area (Å²) in [4.78, 5) is 15.0. The van der Waals surface area contributed by atoms with Gasteiger partial charge in [-0.1, -0.05) is 11.6 Å². The zero-order valence-electron chi connectivity index (χ0n) is 10.0. The molecule has 2 heterocycles. The molecule has 0 aliphatic carbocycles. The van der Waals surface area contributed by atoms with Crippen LogP contribution >= 0.6 is 22.9 Å². The zero-order valence-corrected chi connectivity index (χ0v) is 11.6. The molecule has 3 nitrogen and oxygen atoms in total. The molecule has 1 saturated heterocycles. The van der Waals surface area contributed by atoms with E-state index in [-0.39, 0.29) is 11.3 Å². The Labute approximate surface area is 110 Å². The normalized spacial score (nSPS) is 20.4. The van der Waals surface area contributed by atoms with E-state index in [0.29, 0.717) is 24.1 Å². The van der Waals surface area contributed by atoms with Crippen molar-refractivity contribution in [3.63, 3.8) is 0 Å². The lowest BCUT2D eigenvalue weighted by atomic mass is 10.0. The van der Waals surface area contributed by atoms with E-state index in [9.17, 15) is 4.79 Å². The lowest BCUT2D eigenvalue weighted by Gasteiger charge is -2.41. The molecule has 0 spiro atoms. The van der Waals surface area contributed by atoms with Crippen LogP contribution < -0.4 is 0 Å². The molecular formula is C12H16ClNO2S. The number of thiophene rings is 1. The van der Waals surface area contributed by atoms with Crippen LogP contribution in [0.5, 0.6) is 0 Å². The highest BCUT2D eigenvalue weighted by atomic mass is 35.5. The summed E-state index contributed by atoms with van der Waals surface area (Å²) in [6.45, 7) is 6.81. The summed E-state index contributed by atoms with van der Waals surface area (Å²) >= 11 is 7.18. The van der Waals surface area contributed by atoms with E-state index in [1.807, 2.05) is 0 Å². The van der Waals surface area contributed by atoms with Crippen molar-refractivity contribution in [1.82, 2.24) is 4.90 Å². The van der Waals surface area contributed by atoms with E-state index in [1.54, 1.807) is 12.1 Å².